The number of fused-ring (bicyclic) bond motifs is 2. The average Bonchev–Trinajstić information content (AvgIpc) is 3.02. The van der Waals surface area contributed by atoms with E-state index in [0.717, 1.165) is 33.9 Å². The quantitative estimate of drug-likeness (QED) is 0.261. The van der Waals surface area contributed by atoms with E-state index in [1.807, 2.05) is 133 Å². The number of para-hydroxylation sites is 4. The van der Waals surface area contributed by atoms with Crippen LogP contribution in [0.4, 0.5) is 22.7 Å². The molecule has 0 aliphatic carbocycles. The lowest BCUT2D eigenvalue weighted by Gasteiger charge is -2.39. The van der Waals surface area contributed by atoms with Crippen molar-refractivity contribution in [3.63, 3.8) is 0 Å². The first kappa shape index (κ1) is 23.7. The van der Waals surface area contributed by atoms with E-state index in [9.17, 15) is 9.59 Å². The molecule has 2 amide bonds. The van der Waals surface area contributed by atoms with Crippen LogP contribution in [0.3, 0.4) is 0 Å². The summed E-state index contributed by atoms with van der Waals surface area (Å²) < 4.78 is 0. The van der Waals surface area contributed by atoms with E-state index >= 15 is 0 Å². The van der Waals surface area contributed by atoms with Crippen LogP contribution in [0.15, 0.2) is 133 Å². The molecule has 0 saturated carbocycles. The Kier molecular flexibility index (Phi) is 5.78. The Labute approximate surface area is 232 Å². The highest BCUT2D eigenvalue weighted by Gasteiger charge is 2.36. The Morgan fingerprint density at radius 3 is 1.18 bits per heavy atom. The maximum absolute atomic E-state index is 13.7. The Hall–Kier alpha value is -5.36. The number of rotatable bonds is 4. The molecule has 2 atom stereocenters. The summed E-state index contributed by atoms with van der Waals surface area (Å²) in [6, 6.07) is 42.7. The van der Waals surface area contributed by atoms with Crippen molar-refractivity contribution in [2.75, 3.05) is 20.4 Å². The molecule has 0 spiro atoms. The first-order valence-electron chi connectivity index (χ1n) is 13.3. The van der Waals surface area contributed by atoms with Gasteiger partial charge in [0.25, 0.3) is 11.8 Å². The molecule has 6 nitrogen and oxygen atoms in total. The van der Waals surface area contributed by atoms with Crippen LogP contribution in [0.25, 0.3) is 0 Å². The van der Waals surface area contributed by atoms with Gasteiger partial charge in [-0.05, 0) is 59.7 Å². The van der Waals surface area contributed by atoms with E-state index in [2.05, 4.69) is 10.6 Å². The Morgan fingerprint density at radius 1 is 0.425 bits per heavy atom. The summed E-state index contributed by atoms with van der Waals surface area (Å²) in [5, 5.41) is 7.14. The molecular weight excluding hydrogens is 496 g/mol. The molecule has 2 aliphatic rings. The molecule has 40 heavy (non-hydrogen) atoms. The summed E-state index contributed by atoms with van der Waals surface area (Å²) in [5.74, 6) is -0.109. The Morgan fingerprint density at radius 2 is 0.775 bits per heavy atom. The molecule has 0 aromatic heterocycles. The van der Waals surface area contributed by atoms with Crippen LogP contribution < -0.4 is 20.4 Å². The molecule has 2 unspecified atom stereocenters. The number of hydrogen-bond acceptors (Lipinski definition) is 4. The fourth-order valence-electron chi connectivity index (χ4n) is 5.54. The molecule has 5 aromatic rings. The van der Waals surface area contributed by atoms with Gasteiger partial charge in [-0.25, -0.2) is 0 Å². The first-order valence-corrected chi connectivity index (χ1v) is 13.3. The summed E-state index contributed by atoms with van der Waals surface area (Å²) in [6.07, 6.45) is -0.795. The number of nitrogens with zero attached hydrogens (tertiary/aromatic N) is 2. The van der Waals surface area contributed by atoms with Crippen molar-refractivity contribution in [3.05, 3.63) is 156 Å². The van der Waals surface area contributed by atoms with Gasteiger partial charge in [0, 0.05) is 22.7 Å². The fraction of sp³-hybridized carbons (Fsp3) is 0.0588. The molecule has 0 fully saturated rings. The molecule has 5 aromatic carbocycles. The van der Waals surface area contributed by atoms with Crippen LogP contribution in [0.1, 0.15) is 44.2 Å². The number of carbonyl (C=O) groups excluding carboxylic acids is 2. The third-order valence-corrected chi connectivity index (χ3v) is 7.49. The Balaban J connectivity index is 1.28. The number of carbonyl (C=O) groups is 2. The number of benzene rings is 5. The topological polar surface area (TPSA) is 64.7 Å². The van der Waals surface area contributed by atoms with Crippen molar-refractivity contribution < 1.29 is 9.59 Å². The van der Waals surface area contributed by atoms with Gasteiger partial charge in [0.15, 0.2) is 0 Å². The van der Waals surface area contributed by atoms with Crippen molar-refractivity contribution >= 4 is 34.6 Å². The SMILES string of the molecule is O=C1c2ccccc2NC(c2ccc(C3Nc4ccccc4C(=O)N3c3ccccc3)cc2)N1c1ccccc1. The summed E-state index contributed by atoms with van der Waals surface area (Å²) in [5.41, 5.74) is 6.39. The monoisotopic (exact) mass is 522 g/mol. The maximum atomic E-state index is 13.7. The molecule has 2 N–H and O–H groups in total. The molecule has 6 heteroatoms. The number of amides is 2. The summed E-state index contributed by atoms with van der Waals surface area (Å²) in [4.78, 5) is 31.0. The van der Waals surface area contributed by atoms with Gasteiger partial charge in [0.1, 0.15) is 12.3 Å². The molecular formula is C34H26N4O2. The molecule has 2 heterocycles. The average molecular weight is 523 g/mol. The summed E-state index contributed by atoms with van der Waals surface area (Å²) >= 11 is 0. The van der Waals surface area contributed by atoms with Gasteiger partial charge >= 0.3 is 0 Å². The van der Waals surface area contributed by atoms with Crippen molar-refractivity contribution in [1.29, 1.82) is 0 Å². The predicted molar refractivity (Wildman–Crippen MR) is 159 cm³/mol. The van der Waals surface area contributed by atoms with Gasteiger partial charge in [-0.1, -0.05) is 84.9 Å². The predicted octanol–water partition coefficient (Wildman–Crippen LogP) is 7.23. The van der Waals surface area contributed by atoms with E-state index in [4.69, 9.17) is 0 Å². The van der Waals surface area contributed by atoms with Crippen LogP contribution in [-0.2, 0) is 0 Å². The summed E-state index contributed by atoms with van der Waals surface area (Å²) in [7, 11) is 0. The second-order valence-corrected chi connectivity index (χ2v) is 9.87. The van der Waals surface area contributed by atoms with Gasteiger partial charge in [-0.2, -0.15) is 0 Å². The van der Waals surface area contributed by atoms with E-state index in [1.165, 1.54) is 0 Å². The molecule has 0 radical (unpaired) electrons. The van der Waals surface area contributed by atoms with Crippen molar-refractivity contribution in [2.45, 2.75) is 12.3 Å². The highest BCUT2D eigenvalue weighted by Crippen LogP contribution is 2.39. The molecule has 0 saturated heterocycles. The fourth-order valence-corrected chi connectivity index (χ4v) is 5.54. The summed E-state index contributed by atoms with van der Waals surface area (Å²) in [6.45, 7) is 0. The minimum Gasteiger partial charge on any atom is -0.360 e. The van der Waals surface area contributed by atoms with E-state index in [-0.39, 0.29) is 11.8 Å². The molecule has 194 valence electrons. The molecule has 0 bridgehead atoms. The van der Waals surface area contributed by atoms with Gasteiger partial charge in [-0.15, -0.1) is 0 Å². The third-order valence-electron chi connectivity index (χ3n) is 7.49. The minimum absolute atomic E-state index is 0.0546. The smallest absolute Gasteiger partial charge is 0.262 e. The number of hydrogen-bond donors (Lipinski definition) is 2. The molecule has 2 aliphatic heterocycles. The zero-order valence-electron chi connectivity index (χ0n) is 21.6. The third kappa shape index (κ3) is 3.98. The van der Waals surface area contributed by atoms with Gasteiger partial charge in [0.2, 0.25) is 0 Å². The zero-order valence-corrected chi connectivity index (χ0v) is 21.6. The zero-order chi connectivity index (χ0) is 27.1. The number of anilines is 4. The van der Waals surface area contributed by atoms with Crippen LogP contribution in [0.2, 0.25) is 0 Å². The maximum Gasteiger partial charge on any atom is 0.262 e. The normalized spacial score (nSPS) is 17.9. The Bertz CT molecular complexity index is 1580. The van der Waals surface area contributed by atoms with Crippen molar-refractivity contribution in [3.8, 4) is 0 Å². The standard InChI is InChI=1S/C34H26N4O2/c39-33-27-15-7-9-17-29(27)35-31(37(33)25-11-3-1-4-12-25)23-19-21-24(22-20-23)32-36-30-18-10-8-16-28(30)34(40)38(32)26-13-5-2-6-14-26/h1-22,31-32,35-36H. The second-order valence-electron chi connectivity index (χ2n) is 9.87. The van der Waals surface area contributed by atoms with Gasteiger partial charge in [-0.3, -0.25) is 19.4 Å². The van der Waals surface area contributed by atoms with E-state index in [0.29, 0.717) is 11.1 Å². The first-order chi connectivity index (χ1) is 19.7. The largest absolute Gasteiger partial charge is 0.360 e. The van der Waals surface area contributed by atoms with Gasteiger partial charge in [0.05, 0.1) is 11.1 Å². The lowest BCUT2D eigenvalue weighted by molar-refractivity contribution is 0.0966. The van der Waals surface area contributed by atoms with Crippen molar-refractivity contribution in [1.82, 2.24) is 0 Å². The highest BCUT2D eigenvalue weighted by molar-refractivity contribution is 6.13. The van der Waals surface area contributed by atoms with E-state index in [1.54, 1.807) is 9.80 Å². The molecule has 7 rings (SSSR count). The van der Waals surface area contributed by atoms with Crippen LogP contribution in [-0.4, -0.2) is 11.8 Å². The number of nitrogens with one attached hydrogen (secondary N) is 2. The van der Waals surface area contributed by atoms with Crippen LogP contribution in [0.5, 0.6) is 0 Å². The van der Waals surface area contributed by atoms with E-state index < -0.39 is 12.3 Å². The lowest BCUT2D eigenvalue weighted by atomic mass is 9.99. The highest BCUT2D eigenvalue weighted by atomic mass is 16.2. The lowest BCUT2D eigenvalue weighted by Crippen LogP contribution is -2.43. The van der Waals surface area contributed by atoms with Gasteiger partial charge < -0.3 is 10.6 Å². The second kappa shape index (κ2) is 9.75. The van der Waals surface area contributed by atoms with Crippen LogP contribution >= 0.6 is 0 Å². The van der Waals surface area contributed by atoms with Crippen molar-refractivity contribution in [2.24, 2.45) is 0 Å². The van der Waals surface area contributed by atoms with Crippen LogP contribution in [0, 0.1) is 0 Å². The minimum atomic E-state index is -0.397.